The molecular formula is C21H41N. The lowest BCUT2D eigenvalue weighted by atomic mass is 9.55. The van der Waals surface area contributed by atoms with E-state index in [9.17, 15) is 0 Å². The van der Waals surface area contributed by atoms with Crippen LogP contribution in [0.15, 0.2) is 12.3 Å². The van der Waals surface area contributed by atoms with E-state index >= 15 is 0 Å². The topological polar surface area (TPSA) is 3.24 Å². The summed E-state index contributed by atoms with van der Waals surface area (Å²) in [4.78, 5) is 2.48. The fourth-order valence-corrected chi connectivity index (χ4v) is 4.86. The van der Waals surface area contributed by atoms with Gasteiger partial charge < -0.3 is 4.90 Å². The number of nitrogens with zero attached hydrogens (tertiary/aromatic N) is 1. The van der Waals surface area contributed by atoms with Crippen LogP contribution < -0.4 is 0 Å². The third-order valence-corrected chi connectivity index (χ3v) is 7.76. The van der Waals surface area contributed by atoms with Gasteiger partial charge >= 0.3 is 0 Å². The first-order chi connectivity index (χ1) is 10.1. The molecule has 0 radical (unpaired) electrons. The highest BCUT2D eigenvalue weighted by molar-refractivity contribution is 5.00. The monoisotopic (exact) mass is 307 g/mol. The molecule has 2 atom stereocenters. The number of hydrogen-bond donors (Lipinski definition) is 0. The minimum absolute atomic E-state index is 0.479. The fourth-order valence-electron chi connectivity index (χ4n) is 4.86. The van der Waals surface area contributed by atoms with Gasteiger partial charge in [-0.2, -0.15) is 0 Å². The van der Waals surface area contributed by atoms with Crippen molar-refractivity contribution < 1.29 is 0 Å². The molecule has 0 aromatic heterocycles. The number of likely N-dealkylation sites (tertiary alicyclic amines) is 1. The zero-order valence-electron chi connectivity index (χ0n) is 16.6. The van der Waals surface area contributed by atoms with Crippen molar-refractivity contribution >= 4 is 0 Å². The molecule has 1 nitrogen and oxygen atoms in total. The van der Waals surface area contributed by atoms with Crippen LogP contribution in [-0.2, 0) is 0 Å². The summed E-state index contributed by atoms with van der Waals surface area (Å²) in [6, 6.07) is 0. The largest absolute Gasteiger partial charge is 0.375 e. The van der Waals surface area contributed by atoms with Crippen molar-refractivity contribution in [3.05, 3.63) is 12.3 Å². The van der Waals surface area contributed by atoms with E-state index in [-0.39, 0.29) is 0 Å². The Morgan fingerprint density at radius 3 is 1.86 bits per heavy atom. The van der Waals surface area contributed by atoms with E-state index in [0.29, 0.717) is 10.8 Å². The zero-order valence-corrected chi connectivity index (χ0v) is 16.6. The summed E-state index contributed by atoms with van der Waals surface area (Å²) >= 11 is 0. The highest BCUT2D eigenvalue weighted by Gasteiger charge is 2.46. The highest BCUT2D eigenvalue weighted by atomic mass is 15.1. The van der Waals surface area contributed by atoms with E-state index in [1.165, 1.54) is 44.5 Å². The molecule has 2 unspecified atom stereocenters. The van der Waals surface area contributed by atoms with Crippen molar-refractivity contribution in [1.82, 2.24) is 4.90 Å². The molecule has 1 fully saturated rings. The smallest absolute Gasteiger partial charge is 0.0180 e. The second kappa shape index (κ2) is 7.41. The molecule has 1 heteroatoms. The van der Waals surface area contributed by atoms with E-state index in [4.69, 9.17) is 0 Å². The minimum atomic E-state index is 0.479. The number of hydrogen-bond acceptors (Lipinski definition) is 1. The molecule has 130 valence electrons. The molecule has 0 saturated carbocycles. The lowest BCUT2D eigenvalue weighted by molar-refractivity contribution is -0.0347. The van der Waals surface area contributed by atoms with Crippen LogP contribution in [0.5, 0.6) is 0 Å². The second-order valence-corrected chi connectivity index (χ2v) is 8.55. The van der Waals surface area contributed by atoms with E-state index < -0.39 is 0 Å². The first-order valence-electron chi connectivity index (χ1n) is 9.55. The van der Waals surface area contributed by atoms with Crippen molar-refractivity contribution in [3.63, 3.8) is 0 Å². The van der Waals surface area contributed by atoms with Crippen LogP contribution in [0.25, 0.3) is 0 Å². The van der Waals surface area contributed by atoms with Crippen LogP contribution in [0.1, 0.15) is 81.1 Å². The molecule has 0 spiro atoms. The third-order valence-electron chi connectivity index (χ3n) is 7.76. The summed E-state index contributed by atoms with van der Waals surface area (Å²) < 4.78 is 0. The van der Waals surface area contributed by atoms with E-state index in [1.54, 1.807) is 0 Å². The molecule has 1 aliphatic rings. The van der Waals surface area contributed by atoms with Gasteiger partial charge in [0.05, 0.1) is 0 Å². The Morgan fingerprint density at radius 1 is 1.09 bits per heavy atom. The molecule has 22 heavy (non-hydrogen) atoms. The van der Waals surface area contributed by atoms with Gasteiger partial charge in [0.15, 0.2) is 0 Å². The summed E-state index contributed by atoms with van der Waals surface area (Å²) in [5.41, 5.74) is 2.22. The predicted octanol–water partition coefficient (Wildman–Crippen LogP) is 6.36. The predicted molar refractivity (Wildman–Crippen MR) is 99.9 cm³/mol. The molecule has 0 amide bonds. The molecule has 1 heterocycles. The van der Waals surface area contributed by atoms with Crippen molar-refractivity contribution in [2.45, 2.75) is 81.1 Å². The first-order valence-corrected chi connectivity index (χ1v) is 9.55. The van der Waals surface area contributed by atoms with Gasteiger partial charge in [-0.25, -0.2) is 0 Å². The van der Waals surface area contributed by atoms with Crippen molar-refractivity contribution in [2.75, 3.05) is 13.1 Å². The molecule has 1 rings (SSSR count). The first kappa shape index (κ1) is 19.6. The van der Waals surface area contributed by atoms with Gasteiger partial charge in [0.2, 0.25) is 0 Å². The second-order valence-electron chi connectivity index (χ2n) is 8.55. The van der Waals surface area contributed by atoms with Crippen molar-refractivity contribution in [3.8, 4) is 0 Å². The number of rotatable bonds is 7. The maximum Gasteiger partial charge on any atom is 0.0180 e. The van der Waals surface area contributed by atoms with E-state index in [1.807, 2.05) is 0 Å². The van der Waals surface area contributed by atoms with Crippen LogP contribution >= 0.6 is 0 Å². The van der Waals surface area contributed by atoms with Crippen molar-refractivity contribution in [1.29, 1.82) is 0 Å². The molecule has 1 aliphatic heterocycles. The SMILES string of the molecule is C=C(C)N1CCC(C(C)C)(C(C)C(C)C(C)(CC)CC)CC1. The van der Waals surface area contributed by atoms with Gasteiger partial charge in [-0.05, 0) is 48.3 Å². The quantitative estimate of drug-likeness (QED) is 0.529. The van der Waals surface area contributed by atoms with Crippen molar-refractivity contribution in [2.24, 2.45) is 28.6 Å². The molecule has 1 saturated heterocycles. The Morgan fingerprint density at radius 2 is 1.55 bits per heavy atom. The molecule has 0 aromatic carbocycles. The van der Waals surface area contributed by atoms with Gasteiger partial charge in [0.25, 0.3) is 0 Å². The van der Waals surface area contributed by atoms with Gasteiger partial charge in [0.1, 0.15) is 0 Å². The Kier molecular flexibility index (Phi) is 6.59. The maximum atomic E-state index is 4.14. The Hall–Kier alpha value is -0.460. The molecule has 0 bridgehead atoms. The Labute approximate surface area is 140 Å². The van der Waals surface area contributed by atoms with Crippen LogP contribution in [0.3, 0.4) is 0 Å². The number of allylic oxidation sites excluding steroid dienone is 1. The lowest BCUT2D eigenvalue weighted by Crippen LogP contribution is -2.49. The highest BCUT2D eigenvalue weighted by Crippen LogP contribution is 2.53. The lowest BCUT2D eigenvalue weighted by Gasteiger charge is -2.53. The minimum Gasteiger partial charge on any atom is -0.375 e. The fraction of sp³-hybridized carbons (Fsp3) is 0.905. The maximum absolute atomic E-state index is 4.14. The number of piperidine rings is 1. The molecule has 0 N–H and O–H groups in total. The molecular weight excluding hydrogens is 266 g/mol. The van der Waals surface area contributed by atoms with Crippen LogP contribution in [0.2, 0.25) is 0 Å². The van der Waals surface area contributed by atoms with E-state index in [0.717, 1.165) is 17.8 Å². The third kappa shape index (κ3) is 3.54. The summed E-state index contributed by atoms with van der Waals surface area (Å²) in [7, 11) is 0. The average molecular weight is 308 g/mol. The van der Waals surface area contributed by atoms with Gasteiger partial charge in [-0.3, -0.25) is 0 Å². The van der Waals surface area contributed by atoms with Gasteiger partial charge in [-0.1, -0.05) is 67.9 Å². The average Bonchev–Trinajstić information content (AvgIpc) is 2.52. The summed E-state index contributed by atoms with van der Waals surface area (Å²) in [5.74, 6) is 2.32. The summed E-state index contributed by atoms with van der Waals surface area (Å²) in [6.45, 7) is 25.9. The summed E-state index contributed by atoms with van der Waals surface area (Å²) in [6.07, 6.45) is 5.24. The zero-order chi connectivity index (χ0) is 17.1. The molecule has 0 aromatic rings. The van der Waals surface area contributed by atoms with Crippen LogP contribution in [-0.4, -0.2) is 18.0 Å². The normalized spacial score (nSPS) is 21.8. The van der Waals surface area contributed by atoms with Crippen LogP contribution in [0, 0.1) is 28.6 Å². The Bertz CT molecular complexity index is 356. The van der Waals surface area contributed by atoms with Crippen LogP contribution in [0.4, 0.5) is 0 Å². The summed E-state index contributed by atoms with van der Waals surface area (Å²) in [5, 5.41) is 0. The molecule has 0 aliphatic carbocycles. The Balaban J connectivity index is 2.99. The van der Waals surface area contributed by atoms with E-state index in [2.05, 4.69) is 66.9 Å². The van der Waals surface area contributed by atoms with Gasteiger partial charge in [-0.15, -0.1) is 0 Å². The van der Waals surface area contributed by atoms with Gasteiger partial charge in [0, 0.05) is 18.8 Å². The standard InChI is InChI=1S/C21H41N/c1-10-20(9,11-2)18(7)19(8)21(16(3)4)12-14-22(15-13-21)17(5)6/h16,18-19H,5,10-15H2,1-4,6-9H3.